The first-order valence-electron chi connectivity index (χ1n) is 5.47. The van der Waals surface area contributed by atoms with Gasteiger partial charge in [-0.05, 0) is 19.8 Å². The molecule has 0 fully saturated rings. The minimum atomic E-state index is -0.814. The van der Waals surface area contributed by atoms with Crippen molar-refractivity contribution < 1.29 is 14.7 Å². The lowest BCUT2D eigenvalue weighted by atomic mass is 10.2. The minimum Gasteiger partial charge on any atom is -0.481 e. The number of amides is 1. The molecule has 0 spiro atoms. The lowest BCUT2D eigenvalue weighted by Gasteiger charge is -2.02. The molecular weight excluding hydrogens is 240 g/mol. The molecule has 1 rings (SSSR count). The molecule has 1 aromatic rings. The lowest BCUT2D eigenvalue weighted by Crippen LogP contribution is -2.21. The first kappa shape index (κ1) is 13.6. The maximum atomic E-state index is 11.4. The highest BCUT2D eigenvalue weighted by atomic mass is 32.1. The zero-order chi connectivity index (χ0) is 12.7. The second-order valence-electron chi connectivity index (χ2n) is 3.72. The molecule has 0 saturated heterocycles. The molecule has 1 heterocycles. The number of rotatable bonds is 7. The normalized spacial score (nSPS) is 10.2. The predicted molar refractivity (Wildman–Crippen MR) is 64.8 cm³/mol. The fourth-order valence-corrected chi connectivity index (χ4v) is 2.06. The van der Waals surface area contributed by atoms with E-state index in [1.807, 2.05) is 6.92 Å². The summed E-state index contributed by atoms with van der Waals surface area (Å²) in [6, 6.07) is 0. The number of thiazole rings is 1. The average Bonchev–Trinajstić information content (AvgIpc) is 2.67. The Morgan fingerprint density at radius 3 is 2.71 bits per heavy atom. The van der Waals surface area contributed by atoms with Gasteiger partial charge in [-0.25, -0.2) is 4.98 Å². The number of hydrogen-bond donors (Lipinski definition) is 2. The van der Waals surface area contributed by atoms with Gasteiger partial charge in [-0.15, -0.1) is 11.3 Å². The Labute approximate surface area is 104 Å². The first-order valence-corrected chi connectivity index (χ1v) is 6.29. The molecule has 0 saturated carbocycles. The fraction of sp³-hybridized carbons (Fsp3) is 0.545. The van der Waals surface area contributed by atoms with Crippen molar-refractivity contribution in [3.8, 4) is 0 Å². The summed E-state index contributed by atoms with van der Waals surface area (Å²) in [5.41, 5.74) is 0. The second kappa shape index (κ2) is 7.01. The zero-order valence-corrected chi connectivity index (χ0v) is 10.5. The average molecular weight is 256 g/mol. The smallest absolute Gasteiger partial charge is 0.303 e. The third kappa shape index (κ3) is 6.01. The van der Waals surface area contributed by atoms with E-state index in [1.54, 1.807) is 17.5 Å². The van der Waals surface area contributed by atoms with Crippen molar-refractivity contribution >= 4 is 23.2 Å². The van der Waals surface area contributed by atoms with Crippen LogP contribution in [0.2, 0.25) is 0 Å². The molecule has 6 heteroatoms. The highest BCUT2D eigenvalue weighted by Gasteiger charge is 2.04. The van der Waals surface area contributed by atoms with Crippen molar-refractivity contribution in [1.82, 2.24) is 10.3 Å². The van der Waals surface area contributed by atoms with Gasteiger partial charge in [-0.1, -0.05) is 0 Å². The topological polar surface area (TPSA) is 79.3 Å². The van der Waals surface area contributed by atoms with Gasteiger partial charge in [0, 0.05) is 23.9 Å². The molecule has 0 bridgehead atoms. The number of aliphatic carboxylic acids is 1. The summed E-state index contributed by atoms with van der Waals surface area (Å²) >= 11 is 1.56. The highest BCUT2D eigenvalue weighted by Crippen LogP contribution is 2.10. The predicted octanol–water partition coefficient (Wildman–Crippen LogP) is 1.71. The summed E-state index contributed by atoms with van der Waals surface area (Å²) < 4.78 is 0. The van der Waals surface area contributed by atoms with E-state index in [4.69, 9.17) is 5.11 Å². The van der Waals surface area contributed by atoms with Crippen LogP contribution in [0.15, 0.2) is 6.20 Å². The van der Waals surface area contributed by atoms with Gasteiger partial charge in [-0.2, -0.15) is 0 Å². The van der Waals surface area contributed by atoms with E-state index in [0.29, 0.717) is 25.8 Å². The van der Waals surface area contributed by atoms with Crippen molar-refractivity contribution in [3.05, 3.63) is 16.1 Å². The summed E-state index contributed by atoms with van der Waals surface area (Å²) in [7, 11) is 0. The van der Waals surface area contributed by atoms with Gasteiger partial charge in [0.2, 0.25) is 5.91 Å². The van der Waals surface area contributed by atoms with Crippen molar-refractivity contribution in [2.24, 2.45) is 0 Å². The molecule has 1 amide bonds. The molecule has 94 valence electrons. The van der Waals surface area contributed by atoms with Gasteiger partial charge in [0.15, 0.2) is 0 Å². The van der Waals surface area contributed by atoms with Gasteiger partial charge in [0.05, 0.1) is 11.6 Å². The number of carbonyl (C=O) groups excluding carboxylic acids is 1. The van der Waals surface area contributed by atoms with Gasteiger partial charge >= 0.3 is 5.97 Å². The quantitative estimate of drug-likeness (QED) is 0.728. The van der Waals surface area contributed by atoms with E-state index in [1.165, 1.54) is 0 Å². The maximum Gasteiger partial charge on any atom is 0.303 e. The van der Waals surface area contributed by atoms with Crippen LogP contribution in [0, 0.1) is 6.92 Å². The molecule has 0 aromatic carbocycles. The molecule has 0 unspecified atom stereocenters. The number of carbonyl (C=O) groups is 2. The Morgan fingerprint density at radius 1 is 1.41 bits per heavy atom. The molecular formula is C11H16N2O3S. The van der Waals surface area contributed by atoms with Crippen LogP contribution >= 0.6 is 11.3 Å². The Balaban J connectivity index is 2.11. The first-order chi connectivity index (χ1) is 8.08. The Kier molecular flexibility index (Phi) is 5.62. The second-order valence-corrected chi connectivity index (χ2v) is 5.04. The van der Waals surface area contributed by atoms with E-state index in [2.05, 4.69) is 10.3 Å². The van der Waals surface area contributed by atoms with Crippen LogP contribution in [0.25, 0.3) is 0 Å². The lowest BCUT2D eigenvalue weighted by molar-refractivity contribution is -0.137. The molecule has 17 heavy (non-hydrogen) atoms. The Hall–Kier alpha value is -1.43. The number of carboxylic acid groups (broad SMARTS) is 1. The van der Waals surface area contributed by atoms with Crippen LogP contribution in [0.4, 0.5) is 0 Å². The van der Waals surface area contributed by atoms with E-state index in [9.17, 15) is 9.59 Å². The van der Waals surface area contributed by atoms with Crippen molar-refractivity contribution in [1.29, 1.82) is 0 Å². The van der Waals surface area contributed by atoms with Crippen LogP contribution in [0.3, 0.4) is 0 Å². The van der Waals surface area contributed by atoms with E-state index < -0.39 is 5.97 Å². The zero-order valence-electron chi connectivity index (χ0n) is 9.73. The number of carboxylic acids is 1. The number of nitrogens with one attached hydrogen (secondary N) is 1. The largest absolute Gasteiger partial charge is 0.481 e. The summed E-state index contributed by atoms with van der Waals surface area (Å²) in [6.07, 6.45) is 3.42. The van der Waals surface area contributed by atoms with E-state index in [0.717, 1.165) is 9.88 Å². The SMILES string of the molecule is Cc1ncc(CNC(=O)CCCCC(=O)O)s1. The molecule has 0 aliphatic carbocycles. The van der Waals surface area contributed by atoms with Crippen LogP contribution in [-0.4, -0.2) is 22.0 Å². The van der Waals surface area contributed by atoms with Gasteiger partial charge in [0.1, 0.15) is 0 Å². The van der Waals surface area contributed by atoms with Crippen LogP contribution in [-0.2, 0) is 16.1 Å². The summed E-state index contributed by atoms with van der Waals surface area (Å²) in [5.74, 6) is -0.855. The van der Waals surface area contributed by atoms with Crippen molar-refractivity contribution in [2.45, 2.75) is 39.2 Å². The molecule has 2 N–H and O–H groups in total. The third-order valence-electron chi connectivity index (χ3n) is 2.17. The fourth-order valence-electron chi connectivity index (χ4n) is 1.32. The number of aromatic nitrogens is 1. The van der Waals surface area contributed by atoms with Gasteiger partial charge in [-0.3, -0.25) is 9.59 Å². The van der Waals surface area contributed by atoms with Crippen molar-refractivity contribution in [3.63, 3.8) is 0 Å². The van der Waals surface area contributed by atoms with Crippen LogP contribution in [0.1, 0.15) is 35.6 Å². The third-order valence-corrected chi connectivity index (χ3v) is 3.09. The number of hydrogen-bond acceptors (Lipinski definition) is 4. The number of unbranched alkanes of at least 4 members (excludes halogenated alkanes) is 1. The molecule has 5 nitrogen and oxygen atoms in total. The molecule has 1 aromatic heterocycles. The van der Waals surface area contributed by atoms with Gasteiger partial charge < -0.3 is 10.4 Å². The van der Waals surface area contributed by atoms with E-state index in [-0.39, 0.29) is 12.3 Å². The number of nitrogens with zero attached hydrogens (tertiary/aromatic N) is 1. The standard InChI is InChI=1S/C11H16N2O3S/c1-8-12-6-9(17-8)7-13-10(14)4-2-3-5-11(15)16/h6H,2-5,7H2,1H3,(H,13,14)(H,15,16). The maximum absolute atomic E-state index is 11.4. The number of aryl methyl sites for hydroxylation is 1. The molecule has 0 atom stereocenters. The summed E-state index contributed by atoms with van der Waals surface area (Å²) in [4.78, 5) is 26.8. The van der Waals surface area contributed by atoms with Crippen molar-refractivity contribution in [2.75, 3.05) is 0 Å². The Morgan fingerprint density at radius 2 is 2.12 bits per heavy atom. The van der Waals surface area contributed by atoms with E-state index >= 15 is 0 Å². The van der Waals surface area contributed by atoms with Crippen LogP contribution in [0.5, 0.6) is 0 Å². The molecule has 0 aliphatic heterocycles. The highest BCUT2D eigenvalue weighted by molar-refractivity contribution is 7.11. The van der Waals surface area contributed by atoms with Crippen LogP contribution < -0.4 is 5.32 Å². The molecule has 0 aliphatic rings. The Bertz CT molecular complexity index is 390. The van der Waals surface area contributed by atoms with Gasteiger partial charge in [0.25, 0.3) is 0 Å². The minimum absolute atomic E-state index is 0.0403. The summed E-state index contributed by atoms with van der Waals surface area (Å²) in [6.45, 7) is 2.42. The molecule has 0 radical (unpaired) electrons. The summed E-state index contributed by atoms with van der Waals surface area (Å²) in [5, 5.41) is 12.2. The monoisotopic (exact) mass is 256 g/mol.